The first kappa shape index (κ1) is 29.6. The predicted octanol–water partition coefficient (Wildman–Crippen LogP) is 8.84. The molecule has 0 bridgehead atoms. The third kappa shape index (κ3) is 7.24. The number of hydrogen-bond donors (Lipinski definition) is 1. The maximum atomic E-state index is 15.1. The van der Waals surface area contributed by atoms with Crippen molar-refractivity contribution in [1.82, 2.24) is 0 Å². The van der Waals surface area contributed by atoms with E-state index in [0.717, 1.165) is 24.5 Å². The van der Waals surface area contributed by atoms with Crippen LogP contribution < -0.4 is 9.47 Å². The molecule has 0 aliphatic heterocycles. The Bertz CT molecular complexity index is 1500. The van der Waals surface area contributed by atoms with Gasteiger partial charge in [-0.05, 0) is 66.3 Å². The molecule has 0 amide bonds. The number of carbonyl (C=O) groups is 1. The molecule has 0 saturated carbocycles. The highest BCUT2D eigenvalue weighted by atomic mass is 19.2. The summed E-state index contributed by atoms with van der Waals surface area (Å²) < 4.78 is 55.3. The monoisotopic (exact) mass is 560 g/mol. The Kier molecular flexibility index (Phi) is 9.98. The second-order valence-electron chi connectivity index (χ2n) is 9.55. The van der Waals surface area contributed by atoms with Crippen LogP contribution in [-0.4, -0.2) is 17.7 Å². The zero-order valence-corrected chi connectivity index (χ0v) is 22.7. The fraction of sp³-hybridized carbons (Fsp3) is 0.206. The summed E-state index contributed by atoms with van der Waals surface area (Å²) in [5, 5.41) is 10.1. The molecule has 41 heavy (non-hydrogen) atoms. The zero-order valence-electron chi connectivity index (χ0n) is 22.7. The number of hydrogen-bond acceptors (Lipinski definition) is 4. The molecule has 1 unspecified atom stereocenters. The van der Waals surface area contributed by atoms with E-state index in [1.807, 2.05) is 6.92 Å². The SMILES string of the molecule is C=CCCCOc1ccc(C(=O)Oc2ccc(-c3ccc(-c4ccc(C(O)CCC)cc4)c(F)c3F)cc2)cc1F. The van der Waals surface area contributed by atoms with Gasteiger partial charge in [0.2, 0.25) is 0 Å². The normalized spacial score (nSPS) is 11.6. The molecular weight excluding hydrogens is 529 g/mol. The van der Waals surface area contributed by atoms with E-state index >= 15 is 8.78 Å². The number of ether oxygens (including phenoxy) is 2. The molecule has 7 heteroatoms. The van der Waals surface area contributed by atoms with Crippen molar-refractivity contribution in [2.45, 2.75) is 38.7 Å². The van der Waals surface area contributed by atoms with E-state index in [4.69, 9.17) is 9.47 Å². The Morgan fingerprint density at radius 2 is 1.51 bits per heavy atom. The summed E-state index contributed by atoms with van der Waals surface area (Å²) in [5.41, 5.74) is 1.75. The molecule has 4 rings (SSSR count). The van der Waals surface area contributed by atoms with Gasteiger partial charge in [-0.1, -0.05) is 68.0 Å². The van der Waals surface area contributed by atoms with Crippen molar-refractivity contribution in [3.05, 3.63) is 120 Å². The number of aliphatic hydroxyl groups is 1. The number of unbranched alkanes of at least 4 members (excludes halogenated alkanes) is 1. The summed E-state index contributed by atoms with van der Waals surface area (Å²) in [6, 6.07) is 19.5. The molecule has 0 radical (unpaired) electrons. The van der Waals surface area contributed by atoms with Crippen LogP contribution in [-0.2, 0) is 0 Å². The molecule has 212 valence electrons. The van der Waals surface area contributed by atoms with E-state index in [1.165, 1.54) is 48.5 Å². The first-order chi connectivity index (χ1) is 19.8. The average Bonchev–Trinajstić information content (AvgIpc) is 2.98. The molecule has 0 aliphatic rings. The van der Waals surface area contributed by atoms with Gasteiger partial charge < -0.3 is 14.6 Å². The topological polar surface area (TPSA) is 55.8 Å². The molecule has 0 saturated heterocycles. The first-order valence-corrected chi connectivity index (χ1v) is 13.4. The van der Waals surface area contributed by atoms with Crippen LogP contribution in [0.4, 0.5) is 13.2 Å². The van der Waals surface area contributed by atoms with Crippen molar-refractivity contribution in [2.24, 2.45) is 0 Å². The van der Waals surface area contributed by atoms with Gasteiger partial charge in [-0.3, -0.25) is 0 Å². The van der Waals surface area contributed by atoms with Gasteiger partial charge in [0.25, 0.3) is 0 Å². The molecule has 0 spiro atoms. The average molecular weight is 561 g/mol. The number of carbonyl (C=O) groups excluding carboxylic acids is 1. The minimum Gasteiger partial charge on any atom is -0.491 e. The minimum absolute atomic E-state index is 0.00151. The lowest BCUT2D eigenvalue weighted by Crippen LogP contribution is -2.09. The highest BCUT2D eigenvalue weighted by Gasteiger charge is 2.18. The fourth-order valence-electron chi connectivity index (χ4n) is 4.34. The quantitative estimate of drug-likeness (QED) is 0.0814. The predicted molar refractivity (Wildman–Crippen MR) is 153 cm³/mol. The van der Waals surface area contributed by atoms with Crippen LogP contribution in [0.2, 0.25) is 0 Å². The zero-order chi connectivity index (χ0) is 29.4. The Balaban J connectivity index is 1.44. The van der Waals surface area contributed by atoms with Crippen molar-refractivity contribution >= 4 is 5.97 Å². The number of halogens is 3. The number of esters is 1. The van der Waals surface area contributed by atoms with Crippen LogP contribution in [0, 0.1) is 17.5 Å². The van der Waals surface area contributed by atoms with E-state index in [1.54, 1.807) is 30.3 Å². The molecule has 0 fully saturated rings. The second kappa shape index (κ2) is 13.8. The number of benzene rings is 4. The summed E-state index contributed by atoms with van der Waals surface area (Å²) in [5.74, 6) is -3.26. The van der Waals surface area contributed by atoms with Crippen molar-refractivity contribution in [1.29, 1.82) is 0 Å². The summed E-state index contributed by atoms with van der Waals surface area (Å²) in [7, 11) is 0. The van der Waals surface area contributed by atoms with E-state index in [-0.39, 0.29) is 28.2 Å². The third-order valence-corrected chi connectivity index (χ3v) is 6.60. The number of allylic oxidation sites excluding steroid dienone is 1. The van der Waals surface area contributed by atoms with Gasteiger partial charge in [0, 0.05) is 11.1 Å². The van der Waals surface area contributed by atoms with Gasteiger partial charge in [0.15, 0.2) is 23.2 Å². The Morgan fingerprint density at radius 3 is 2.07 bits per heavy atom. The first-order valence-electron chi connectivity index (χ1n) is 13.4. The van der Waals surface area contributed by atoms with Crippen LogP contribution in [0.15, 0.2) is 91.5 Å². The van der Waals surface area contributed by atoms with E-state index < -0.39 is 29.5 Å². The molecular formula is C34H31F3O4. The van der Waals surface area contributed by atoms with Crippen LogP contribution in [0.25, 0.3) is 22.3 Å². The van der Waals surface area contributed by atoms with Crippen molar-refractivity contribution in [2.75, 3.05) is 6.61 Å². The smallest absolute Gasteiger partial charge is 0.343 e. The molecule has 1 atom stereocenters. The molecule has 0 aliphatic carbocycles. The largest absolute Gasteiger partial charge is 0.491 e. The summed E-state index contributed by atoms with van der Waals surface area (Å²) in [6.07, 6.45) is 4.04. The van der Waals surface area contributed by atoms with Crippen LogP contribution in [0.5, 0.6) is 11.5 Å². The summed E-state index contributed by atoms with van der Waals surface area (Å²) >= 11 is 0. The second-order valence-corrected chi connectivity index (χ2v) is 9.55. The van der Waals surface area contributed by atoms with E-state index in [9.17, 15) is 14.3 Å². The fourth-order valence-corrected chi connectivity index (χ4v) is 4.34. The van der Waals surface area contributed by atoms with E-state index in [0.29, 0.717) is 30.6 Å². The molecule has 1 N–H and O–H groups in total. The van der Waals surface area contributed by atoms with Crippen LogP contribution >= 0.6 is 0 Å². The van der Waals surface area contributed by atoms with Gasteiger partial charge in [-0.25, -0.2) is 18.0 Å². The van der Waals surface area contributed by atoms with E-state index in [2.05, 4.69) is 6.58 Å². The van der Waals surface area contributed by atoms with Gasteiger partial charge >= 0.3 is 5.97 Å². The van der Waals surface area contributed by atoms with Crippen LogP contribution in [0.3, 0.4) is 0 Å². The molecule has 4 aromatic rings. The Morgan fingerprint density at radius 1 is 0.902 bits per heavy atom. The van der Waals surface area contributed by atoms with Crippen molar-refractivity contribution in [3.8, 4) is 33.8 Å². The maximum Gasteiger partial charge on any atom is 0.343 e. The van der Waals surface area contributed by atoms with Gasteiger partial charge in [0.1, 0.15) is 5.75 Å². The van der Waals surface area contributed by atoms with Crippen LogP contribution in [0.1, 0.15) is 54.6 Å². The lowest BCUT2D eigenvalue weighted by molar-refractivity contribution is 0.0734. The maximum absolute atomic E-state index is 15.1. The van der Waals surface area contributed by atoms with Gasteiger partial charge in [-0.2, -0.15) is 0 Å². The lowest BCUT2D eigenvalue weighted by Gasteiger charge is -2.12. The van der Waals surface area contributed by atoms with Gasteiger partial charge in [-0.15, -0.1) is 6.58 Å². The summed E-state index contributed by atoms with van der Waals surface area (Å²) in [4.78, 5) is 12.5. The minimum atomic E-state index is -1.01. The van der Waals surface area contributed by atoms with Gasteiger partial charge in [0.05, 0.1) is 18.3 Å². The highest BCUT2D eigenvalue weighted by Crippen LogP contribution is 2.33. The molecule has 4 nitrogen and oxygen atoms in total. The van der Waals surface area contributed by atoms with Crippen molar-refractivity contribution < 1.29 is 32.5 Å². The lowest BCUT2D eigenvalue weighted by atomic mass is 9.97. The standard InChI is InChI=1S/C34H31F3O4/c1-3-5-6-20-40-31-19-14-25(21-29(31)35)34(39)41-26-15-12-23(13-16-26)28-18-17-27(32(36)33(28)37)22-8-10-24(11-9-22)30(38)7-4-2/h3,8-19,21,30,38H,1,4-7,20H2,2H3. The molecule has 4 aromatic carbocycles. The molecule has 0 heterocycles. The Hall–Kier alpha value is -4.36. The summed E-state index contributed by atoms with van der Waals surface area (Å²) in [6.45, 7) is 5.92. The highest BCUT2D eigenvalue weighted by molar-refractivity contribution is 5.91. The number of aliphatic hydroxyl groups excluding tert-OH is 1. The number of rotatable bonds is 12. The van der Waals surface area contributed by atoms with Crippen molar-refractivity contribution in [3.63, 3.8) is 0 Å². The Labute approximate surface area is 237 Å². The molecule has 0 aromatic heterocycles. The third-order valence-electron chi connectivity index (χ3n) is 6.60.